The van der Waals surface area contributed by atoms with Crippen molar-refractivity contribution in [3.8, 4) is 0 Å². The third-order valence-electron chi connectivity index (χ3n) is 2.63. The van der Waals surface area contributed by atoms with Gasteiger partial charge in [-0.1, -0.05) is 18.3 Å². The summed E-state index contributed by atoms with van der Waals surface area (Å²) in [5.74, 6) is -0.222. The lowest BCUT2D eigenvalue weighted by molar-refractivity contribution is 0.619. The Morgan fingerprint density at radius 1 is 1.11 bits per heavy atom. The highest BCUT2D eigenvalue weighted by Gasteiger charge is 2.01. The first-order valence-corrected chi connectivity index (χ1v) is 5.90. The van der Waals surface area contributed by atoms with Crippen LogP contribution in [0.4, 0.5) is 15.8 Å². The number of nitrogens with one attached hydrogen (secondary N) is 1. The number of anilines is 2. The van der Waals surface area contributed by atoms with Gasteiger partial charge < -0.3 is 11.1 Å². The second kappa shape index (κ2) is 5.14. The molecule has 0 unspecified atom stereocenters. The first kappa shape index (κ1) is 12.5. The lowest BCUT2D eigenvalue weighted by atomic mass is 10.2. The molecule has 0 saturated carbocycles. The van der Waals surface area contributed by atoms with E-state index in [4.69, 9.17) is 18.0 Å². The second-order valence-electron chi connectivity index (χ2n) is 4.03. The van der Waals surface area contributed by atoms with Crippen molar-refractivity contribution in [3.05, 3.63) is 59.4 Å². The van der Waals surface area contributed by atoms with E-state index in [0.717, 1.165) is 11.3 Å². The molecule has 2 aromatic rings. The van der Waals surface area contributed by atoms with Crippen LogP contribution in [0.2, 0.25) is 0 Å². The van der Waals surface area contributed by atoms with Crippen molar-refractivity contribution in [2.75, 3.05) is 5.32 Å². The van der Waals surface area contributed by atoms with Crippen LogP contribution in [0, 0.1) is 12.7 Å². The van der Waals surface area contributed by atoms with Crippen LogP contribution < -0.4 is 11.1 Å². The van der Waals surface area contributed by atoms with E-state index < -0.39 is 0 Å². The molecule has 92 valence electrons. The van der Waals surface area contributed by atoms with Gasteiger partial charge in [0.15, 0.2) is 0 Å². The summed E-state index contributed by atoms with van der Waals surface area (Å²) in [7, 11) is 0. The topological polar surface area (TPSA) is 38.0 Å². The smallest absolute Gasteiger partial charge is 0.128 e. The van der Waals surface area contributed by atoms with Crippen molar-refractivity contribution >= 4 is 28.6 Å². The molecule has 0 aliphatic carbocycles. The summed E-state index contributed by atoms with van der Waals surface area (Å²) >= 11 is 4.87. The molecule has 0 aliphatic rings. The van der Waals surface area contributed by atoms with Gasteiger partial charge in [0, 0.05) is 16.9 Å². The zero-order chi connectivity index (χ0) is 13.1. The van der Waals surface area contributed by atoms with Crippen molar-refractivity contribution in [1.82, 2.24) is 0 Å². The predicted octanol–water partition coefficient (Wildman–Crippen LogP) is 3.51. The minimum absolute atomic E-state index is 0.222. The summed E-state index contributed by atoms with van der Waals surface area (Å²) in [6, 6.07) is 12.4. The van der Waals surface area contributed by atoms with Gasteiger partial charge in [0.05, 0.1) is 0 Å². The number of halogens is 1. The van der Waals surface area contributed by atoms with Gasteiger partial charge in [-0.25, -0.2) is 4.39 Å². The van der Waals surface area contributed by atoms with Gasteiger partial charge >= 0.3 is 0 Å². The van der Waals surface area contributed by atoms with Crippen LogP contribution in [0.25, 0.3) is 0 Å². The molecule has 0 fully saturated rings. The zero-order valence-electron chi connectivity index (χ0n) is 9.91. The molecular formula is C14H13FN2S. The molecule has 18 heavy (non-hydrogen) atoms. The molecule has 2 rings (SSSR count). The number of hydrogen-bond donors (Lipinski definition) is 2. The number of benzene rings is 2. The van der Waals surface area contributed by atoms with Gasteiger partial charge in [-0.3, -0.25) is 0 Å². The summed E-state index contributed by atoms with van der Waals surface area (Å²) in [4.78, 5) is 0.364. The average Bonchev–Trinajstić information content (AvgIpc) is 2.34. The van der Waals surface area contributed by atoms with Crippen molar-refractivity contribution in [1.29, 1.82) is 0 Å². The molecule has 3 N–H and O–H groups in total. The van der Waals surface area contributed by atoms with Crippen molar-refractivity contribution in [2.45, 2.75) is 6.92 Å². The molecule has 0 aromatic heterocycles. The van der Waals surface area contributed by atoms with E-state index in [2.05, 4.69) is 5.32 Å². The Balaban J connectivity index is 2.18. The lowest BCUT2D eigenvalue weighted by Gasteiger charge is -2.08. The highest BCUT2D eigenvalue weighted by Crippen LogP contribution is 2.19. The molecule has 0 saturated heterocycles. The Labute approximate surface area is 111 Å². The number of hydrogen-bond acceptors (Lipinski definition) is 2. The fourth-order valence-electron chi connectivity index (χ4n) is 1.56. The molecule has 0 spiro atoms. The fraction of sp³-hybridized carbons (Fsp3) is 0.0714. The number of rotatable bonds is 3. The van der Waals surface area contributed by atoms with Gasteiger partial charge in [0.25, 0.3) is 0 Å². The Morgan fingerprint density at radius 3 is 2.28 bits per heavy atom. The largest absolute Gasteiger partial charge is 0.389 e. The summed E-state index contributed by atoms with van der Waals surface area (Å²) in [5.41, 5.74) is 8.52. The van der Waals surface area contributed by atoms with Crippen LogP contribution in [0.3, 0.4) is 0 Å². The van der Waals surface area contributed by atoms with Crippen LogP contribution in [-0.2, 0) is 0 Å². The summed E-state index contributed by atoms with van der Waals surface area (Å²) in [6.07, 6.45) is 0. The minimum atomic E-state index is -0.222. The fourth-order valence-corrected chi connectivity index (χ4v) is 1.69. The van der Waals surface area contributed by atoms with E-state index >= 15 is 0 Å². The lowest BCUT2D eigenvalue weighted by Crippen LogP contribution is -2.08. The summed E-state index contributed by atoms with van der Waals surface area (Å²) in [6.45, 7) is 1.73. The monoisotopic (exact) mass is 260 g/mol. The van der Waals surface area contributed by atoms with E-state index in [-0.39, 0.29) is 5.82 Å². The normalized spacial score (nSPS) is 10.1. The molecule has 0 radical (unpaired) electrons. The zero-order valence-corrected chi connectivity index (χ0v) is 10.7. The van der Waals surface area contributed by atoms with Gasteiger partial charge in [-0.05, 0) is 48.9 Å². The molecule has 2 aromatic carbocycles. The average molecular weight is 260 g/mol. The number of aryl methyl sites for hydroxylation is 1. The SMILES string of the molecule is Cc1ccc(Nc2ccc(C(N)=S)cc2)cc1F. The first-order chi connectivity index (χ1) is 8.56. The van der Waals surface area contributed by atoms with Crippen LogP contribution in [0.5, 0.6) is 0 Å². The quantitative estimate of drug-likeness (QED) is 0.829. The van der Waals surface area contributed by atoms with Crippen LogP contribution in [0.1, 0.15) is 11.1 Å². The van der Waals surface area contributed by atoms with E-state index in [0.29, 0.717) is 16.2 Å². The summed E-state index contributed by atoms with van der Waals surface area (Å²) < 4.78 is 13.4. The van der Waals surface area contributed by atoms with Crippen molar-refractivity contribution in [2.24, 2.45) is 5.73 Å². The molecule has 4 heteroatoms. The highest BCUT2D eigenvalue weighted by molar-refractivity contribution is 7.80. The first-order valence-electron chi connectivity index (χ1n) is 5.49. The van der Waals surface area contributed by atoms with Gasteiger partial charge in [-0.2, -0.15) is 0 Å². The standard InChI is InChI=1S/C14H13FN2S/c1-9-2-5-12(8-13(9)15)17-11-6-3-10(4-7-11)14(16)18/h2-8,17H,1H3,(H2,16,18). The van der Waals surface area contributed by atoms with E-state index in [9.17, 15) is 4.39 Å². The minimum Gasteiger partial charge on any atom is -0.389 e. The third-order valence-corrected chi connectivity index (χ3v) is 2.87. The van der Waals surface area contributed by atoms with E-state index in [1.165, 1.54) is 6.07 Å². The van der Waals surface area contributed by atoms with Crippen molar-refractivity contribution < 1.29 is 4.39 Å². The molecule has 0 bridgehead atoms. The van der Waals surface area contributed by atoms with Gasteiger partial charge in [-0.15, -0.1) is 0 Å². The number of thiocarbonyl (C=S) groups is 1. The maximum Gasteiger partial charge on any atom is 0.128 e. The maximum absolute atomic E-state index is 13.4. The van der Waals surface area contributed by atoms with Crippen LogP contribution in [-0.4, -0.2) is 4.99 Å². The number of nitrogens with two attached hydrogens (primary N) is 1. The Kier molecular flexibility index (Phi) is 3.58. The van der Waals surface area contributed by atoms with Crippen LogP contribution >= 0.6 is 12.2 Å². The Morgan fingerprint density at radius 2 is 1.72 bits per heavy atom. The van der Waals surface area contributed by atoms with E-state index in [1.807, 2.05) is 30.3 Å². The second-order valence-corrected chi connectivity index (χ2v) is 4.47. The third kappa shape index (κ3) is 2.84. The Bertz CT molecular complexity index is 579. The van der Waals surface area contributed by atoms with Gasteiger partial charge in [0.1, 0.15) is 10.8 Å². The molecule has 0 atom stereocenters. The predicted molar refractivity (Wildman–Crippen MR) is 76.7 cm³/mol. The highest BCUT2D eigenvalue weighted by atomic mass is 32.1. The van der Waals surface area contributed by atoms with Crippen LogP contribution in [0.15, 0.2) is 42.5 Å². The molecule has 0 aliphatic heterocycles. The summed E-state index contributed by atoms with van der Waals surface area (Å²) in [5, 5.41) is 3.11. The molecule has 2 nitrogen and oxygen atoms in total. The Hall–Kier alpha value is -1.94. The molecular weight excluding hydrogens is 247 g/mol. The van der Waals surface area contributed by atoms with Crippen molar-refractivity contribution in [3.63, 3.8) is 0 Å². The molecule has 0 heterocycles. The van der Waals surface area contributed by atoms with E-state index in [1.54, 1.807) is 13.0 Å². The van der Waals surface area contributed by atoms with Gasteiger partial charge in [0.2, 0.25) is 0 Å². The molecule has 0 amide bonds. The maximum atomic E-state index is 13.4.